The molecule has 0 bridgehead atoms. The first kappa shape index (κ1) is 16.5. The number of fused-ring (bicyclic) bond motifs is 1. The molecule has 1 N–H and O–H groups in total. The molecule has 3 rings (SSSR count). The van der Waals surface area contributed by atoms with Gasteiger partial charge in [0.1, 0.15) is 10.8 Å². The maximum Gasteiger partial charge on any atom is 0.258 e. The Morgan fingerprint density at radius 2 is 1.92 bits per heavy atom. The lowest BCUT2D eigenvalue weighted by Gasteiger charge is -2.13. The number of nitrogens with one attached hydrogen (secondary N) is 1. The second kappa shape index (κ2) is 7.45. The summed E-state index contributed by atoms with van der Waals surface area (Å²) in [6, 6.07) is 15.8. The van der Waals surface area contributed by atoms with Crippen LogP contribution in [-0.4, -0.2) is 17.5 Å². The van der Waals surface area contributed by atoms with E-state index in [1.54, 1.807) is 11.3 Å². The Morgan fingerprint density at radius 1 is 1.17 bits per heavy atom. The van der Waals surface area contributed by atoms with Gasteiger partial charge in [-0.15, -0.1) is 11.3 Å². The molecular formula is C19H20N2O2S. The predicted molar refractivity (Wildman–Crippen MR) is 97.5 cm³/mol. The average Bonchev–Trinajstić information content (AvgIpc) is 3.01. The van der Waals surface area contributed by atoms with Crippen molar-refractivity contribution in [2.24, 2.45) is 0 Å². The highest BCUT2D eigenvalue weighted by Gasteiger charge is 2.10. The van der Waals surface area contributed by atoms with Crippen molar-refractivity contribution in [3.8, 4) is 5.75 Å². The number of para-hydroxylation sites is 2. The molecule has 1 aromatic heterocycles. The summed E-state index contributed by atoms with van der Waals surface area (Å²) in [5, 5.41) is 3.76. The van der Waals surface area contributed by atoms with Gasteiger partial charge in [0.2, 0.25) is 0 Å². The van der Waals surface area contributed by atoms with Crippen molar-refractivity contribution in [2.75, 3.05) is 6.61 Å². The Labute approximate surface area is 145 Å². The summed E-state index contributed by atoms with van der Waals surface area (Å²) in [4.78, 5) is 16.5. The zero-order valence-electron chi connectivity index (χ0n) is 13.8. The van der Waals surface area contributed by atoms with E-state index in [2.05, 4.69) is 24.1 Å². The fourth-order valence-corrected chi connectivity index (χ4v) is 3.36. The molecule has 0 aliphatic rings. The van der Waals surface area contributed by atoms with Crippen molar-refractivity contribution in [2.45, 2.75) is 26.3 Å². The van der Waals surface area contributed by atoms with Crippen molar-refractivity contribution >= 4 is 27.5 Å². The molecule has 2 aromatic carbocycles. The van der Waals surface area contributed by atoms with Crippen LogP contribution in [0.15, 0.2) is 48.5 Å². The third kappa shape index (κ3) is 3.92. The molecule has 0 aliphatic heterocycles. The summed E-state index contributed by atoms with van der Waals surface area (Å²) in [7, 11) is 0. The van der Waals surface area contributed by atoms with Crippen LogP contribution in [0.25, 0.3) is 10.2 Å². The van der Waals surface area contributed by atoms with Gasteiger partial charge in [0.25, 0.3) is 5.91 Å². The van der Waals surface area contributed by atoms with Gasteiger partial charge in [0.15, 0.2) is 6.61 Å². The number of rotatable bonds is 6. The van der Waals surface area contributed by atoms with E-state index in [0.717, 1.165) is 26.5 Å². The van der Waals surface area contributed by atoms with Crippen LogP contribution in [0.3, 0.4) is 0 Å². The van der Waals surface area contributed by atoms with Crippen molar-refractivity contribution in [1.82, 2.24) is 10.3 Å². The molecule has 0 radical (unpaired) electrons. The maximum atomic E-state index is 12.0. The topological polar surface area (TPSA) is 51.2 Å². The van der Waals surface area contributed by atoms with Crippen LogP contribution in [0.4, 0.5) is 0 Å². The molecular weight excluding hydrogens is 320 g/mol. The number of amides is 1. The number of carbonyl (C=O) groups is 1. The van der Waals surface area contributed by atoms with Gasteiger partial charge in [-0.05, 0) is 29.7 Å². The minimum atomic E-state index is -0.146. The lowest BCUT2D eigenvalue weighted by Crippen LogP contribution is -2.28. The van der Waals surface area contributed by atoms with Crippen LogP contribution in [0, 0.1) is 0 Å². The van der Waals surface area contributed by atoms with Gasteiger partial charge in [0.05, 0.1) is 16.8 Å². The van der Waals surface area contributed by atoms with Crippen LogP contribution >= 0.6 is 11.3 Å². The SMILES string of the molecule is CC(C)c1ccccc1OCC(=O)NCc1nc2ccccc2s1. The quantitative estimate of drug-likeness (QED) is 0.734. The summed E-state index contributed by atoms with van der Waals surface area (Å²) in [5.41, 5.74) is 2.07. The van der Waals surface area contributed by atoms with Gasteiger partial charge >= 0.3 is 0 Å². The van der Waals surface area contributed by atoms with Crippen LogP contribution in [0.2, 0.25) is 0 Å². The second-order valence-corrected chi connectivity index (χ2v) is 6.95. The van der Waals surface area contributed by atoms with E-state index in [0.29, 0.717) is 12.5 Å². The highest BCUT2D eigenvalue weighted by molar-refractivity contribution is 7.18. The van der Waals surface area contributed by atoms with E-state index in [9.17, 15) is 4.79 Å². The maximum absolute atomic E-state index is 12.0. The van der Waals surface area contributed by atoms with Crippen molar-refractivity contribution in [3.63, 3.8) is 0 Å². The normalized spacial score (nSPS) is 11.0. The van der Waals surface area contributed by atoms with E-state index in [1.165, 1.54) is 0 Å². The Balaban J connectivity index is 1.54. The van der Waals surface area contributed by atoms with Gasteiger partial charge < -0.3 is 10.1 Å². The Hall–Kier alpha value is -2.40. The molecule has 0 saturated heterocycles. The molecule has 0 spiro atoms. The number of hydrogen-bond acceptors (Lipinski definition) is 4. The molecule has 1 amide bonds. The molecule has 0 saturated carbocycles. The number of carbonyl (C=O) groups excluding carboxylic acids is 1. The van der Waals surface area contributed by atoms with E-state index >= 15 is 0 Å². The van der Waals surface area contributed by atoms with E-state index in [-0.39, 0.29) is 12.5 Å². The number of hydrogen-bond donors (Lipinski definition) is 1. The molecule has 124 valence electrons. The van der Waals surface area contributed by atoms with Gasteiger partial charge in [-0.25, -0.2) is 4.98 Å². The first-order valence-corrected chi connectivity index (χ1v) is 8.78. The van der Waals surface area contributed by atoms with E-state index in [1.807, 2.05) is 48.5 Å². The van der Waals surface area contributed by atoms with Crippen LogP contribution in [0.1, 0.15) is 30.3 Å². The first-order chi connectivity index (χ1) is 11.6. The third-order valence-corrected chi connectivity index (χ3v) is 4.71. The number of aromatic nitrogens is 1. The smallest absolute Gasteiger partial charge is 0.258 e. The summed E-state index contributed by atoms with van der Waals surface area (Å²) in [6.45, 7) is 4.65. The van der Waals surface area contributed by atoms with E-state index < -0.39 is 0 Å². The highest BCUT2D eigenvalue weighted by atomic mass is 32.1. The average molecular weight is 340 g/mol. The fourth-order valence-electron chi connectivity index (χ4n) is 2.45. The van der Waals surface area contributed by atoms with Crippen LogP contribution in [0.5, 0.6) is 5.75 Å². The van der Waals surface area contributed by atoms with Crippen molar-refractivity contribution in [1.29, 1.82) is 0 Å². The molecule has 5 heteroatoms. The second-order valence-electron chi connectivity index (χ2n) is 5.83. The zero-order valence-corrected chi connectivity index (χ0v) is 14.6. The number of benzene rings is 2. The summed E-state index contributed by atoms with van der Waals surface area (Å²) in [5.74, 6) is 0.975. The monoisotopic (exact) mass is 340 g/mol. The Morgan fingerprint density at radius 3 is 2.71 bits per heavy atom. The molecule has 0 atom stereocenters. The minimum absolute atomic E-state index is 0.00856. The van der Waals surface area contributed by atoms with Crippen LogP contribution in [-0.2, 0) is 11.3 Å². The Kier molecular flexibility index (Phi) is 5.11. The van der Waals surface area contributed by atoms with Gasteiger partial charge in [-0.1, -0.05) is 44.2 Å². The molecule has 0 unspecified atom stereocenters. The van der Waals surface area contributed by atoms with E-state index in [4.69, 9.17) is 4.74 Å². The number of nitrogens with zero attached hydrogens (tertiary/aromatic N) is 1. The Bertz CT molecular complexity index is 809. The summed E-state index contributed by atoms with van der Waals surface area (Å²) in [6.07, 6.45) is 0. The van der Waals surface area contributed by atoms with Crippen molar-refractivity contribution < 1.29 is 9.53 Å². The van der Waals surface area contributed by atoms with Crippen molar-refractivity contribution in [3.05, 3.63) is 59.1 Å². The zero-order chi connectivity index (χ0) is 16.9. The van der Waals surface area contributed by atoms with Crippen LogP contribution < -0.4 is 10.1 Å². The molecule has 0 fully saturated rings. The standard InChI is InChI=1S/C19H20N2O2S/c1-13(2)14-7-3-5-9-16(14)23-12-18(22)20-11-19-21-15-8-4-6-10-17(15)24-19/h3-10,13H,11-12H2,1-2H3,(H,20,22). The highest BCUT2D eigenvalue weighted by Crippen LogP contribution is 2.25. The number of thiazole rings is 1. The fraction of sp³-hybridized carbons (Fsp3) is 0.263. The first-order valence-electron chi connectivity index (χ1n) is 7.96. The molecule has 24 heavy (non-hydrogen) atoms. The summed E-state index contributed by atoms with van der Waals surface area (Å²) >= 11 is 1.59. The summed E-state index contributed by atoms with van der Waals surface area (Å²) < 4.78 is 6.81. The predicted octanol–water partition coefficient (Wildman–Crippen LogP) is 4.11. The molecule has 0 aliphatic carbocycles. The van der Waals surface area contributed by atoms with Gasteiger partial charge in [-0.2, -0.15) is 0 Å². The molecule has 4 nitrogen and oxygen atoms in total. The number of ether oxygens (including phenoxy) is 1. The van der Waals surface area contributed by atoms with Gasteiger partial charge in [-0.3, -0.25) is 4.79 Å². The molecule has 1 heterocycles. The largest absolute Gasteiger partial charge is 0.483 e. The minimum Gasteiger partial charge on any atom is -0.483 e. The lowest BCUT2D eigenvalue weighted by molar-refractivity contribution is -0.123. The molecule has 3 aromatic rings. The lowest BCUT2D eigenvalue weighted by atomic mass is 10.0. The third-order valence-electron chi connectivity index (χ3n) is 3.67. The van der Waals surface area contributed by atoms with Gasteiger partial charge in [0, 0.05) is 0 Å².